The van der Waals surface area contributed by atoms with Crippen LogP contribution in [0.5, 0.6) is 0 Å². The summed E-state index contributed by atoms with van der Waals surface area (Å²) in [5.74, 6) is 0.811. The molecule has 0 spiro atoms. The number of hydrogen-bond donors (Lipinski definition) is 2. The van der Waals surface area contributed by atoms with Gasteiger partial charge in [0, 0.05) is 23.2 Å². The Morgan fingerprint density at radius 3 is 2.76 bits per heavy atom. The van der Waals surface area contributed by atoms with Gasteiger partial charge in [-0.15, -0.1) is 0 Å². The van der Waals surface area contributed by atoms with Crippen molar-refractivity contribution in [3.63, 3.8) is 0 Å². The molecule has 3 N–H and O–H groups in total. The lowest BCUT2D eigenvalue weighted by molar-refractivity contribution is -0.120. The van der Waals surface area contributed by atoms with E-state index in [9.17, 15) is 4.79 Å². The standard InChI is InChI=1S/C16H19N3O2/c17-13-3-1-2-12(8-13)16(20)19-14-6-4-11(5-7-14)15-9-18-10-21-15/h4-7,9-10,12-13H,1-3,8,17H2,(H,19,20). The molecule has 0 aliphatic heterocycles. The molecule has 0 radical (unpaired) electrons. The Hall–Kier alpha value is -2.14. The van der Waals surface area contributed by atoms with Gasteiger partial charge in [0.05, 0.1) is 6.20 Å². The van der Waals surface area contributed by atoms with Crippen molar-refractivity contribution in [2.45, 2.75) is 31.7 Å². The molecule has 5 heteroatoms. The van der Waals surface area contributed by atoms with Gasteiger partial charge >= 0.3 is 0 Å². The van der Waals surface area contributed by atoms with Crippen LogP contribution in [0, 0.1) is 5.92 Å². The number of nitrogens with zero attached hydrogens (tertiary/aromatic N) is 1. The lowest BCUT2D eigenvalue weighted by Crippen LogP contribution is -2.34. The summed E-state index contributed by atoms with van der Waals surface area (Å²) in [7, 11) is 0. The maximum Gasteiger partial charge on any atom is 0.227 e. The molecule has 5 nitrogen and oxygen atoms in total. The molecule has 1 aromatic carbocycles. The Kier molecular flexibility index (Phi) is 4.01. The van der Waals surface area contributed by atoms with Crippen molar-refractivity contribution in [1.29, 1.82) is 0 Å². The summed E-state index contributed by atoms with van der Waals surface area (Å²) >= 11 is 0. The van der Waals surface area contributed by atoms with E-state index < -0.39 is 0 Å². The second kappa shape index (κ2) is 6.10. The molecule has 2 aromatic rings. The van der Waals surface area contributed by atoms with E-state index in [0.29, 0.717) is 5.76 Å². The quantitative estimate of drug-likeness (QED) is 0.908. The fourth-order valence-corrected chi connectivity index (χ4v) is 2.79. The first-order valence-corrected chi connectivity index (χ1v) is 7.28. The number of carbonyl (C=O) groups is 1. The van der Waals surface area contributed by atoms with Crippen LogP contribution in [0.15, 0.2) is 41.3 Å². The summed E-state index contributed by atoms with van der Waals surface area (Å²) in [6, 6.07) is 7.71. The number of aromatic nitrogens is 1. The number of amides is 1. The van der Waals surface area contributed by atoms with Crippen molar-refractivity contribution in [1.82, 2.24) is 4.98 Å². The normalized spacial score (nSPS) is 22.0. The van der Waals surface area contributed by atoms with Crippen LogP contribution in [0.2, 0.25) is 0 Å². The predicted octanol–water partition coefficient (Wildman–Crippen LogP) is 2.80. The van der Waals surface area contributed by atoms with Crippen LogP contribution in [0.4, 0.5) is 5.69 Å². The summed E-state index contributed by atoms with van der Waals surface area (Å²) < 4.78 is 5.24. The summed E-state index contributed by atoms with van der Waals surface area (Å²) in [6.07, 6.45) is 6.82. The molecule has 1 aromatic heterocycles. The number of anilines is 1. The summed E-state index contributed by atoms with van der Waals surface area (Å²) in [5, 5.41) is 2.96. The maximum atomic E-state index is 12.2. The molecular weight excluding hydrogens is 266 g/mol. The molecule has 21 heavy (non-hydrogen) atoms. The van der Waals surface area contributed by atoms with E-state index >= 15 is 0 Å². The number of hydrogen-bond acceptors (Lipinski definition) is 4. The largest absolute Gasteiger partial charge is 0.444 e. The van der Waals surface area contributed by atoms with Crippen LogP contribution in [0.3, 0.4) is 0 Å². The van der Waals surface area contributed by atoms with E-state index in [2.05, 4.69) is 10.3 Å². The first-order valence-electron chi connectivity index (χ1n) is 7.28. The molecule has 3 rings (SSSR count). The van der Waals surface area contributed by atoms with Crippen LogP contribution in [-0.4, -0.2) is 16.9 Å². The van der Waals surface area contributed by atoms with E-state index in [1.165, 1.54) is 6.39 Å². The fourth-order valence-electron chi connectivity index (χ4n) is 2.79. The van der Waals surface area contributed by atoms with Gasteiger partial charge in [0.15, 0.2) is 12.2 Å². The highest BCUT2D eigenvalue weighted by Crippen LogP contribution is 2.25. The fraction of sp³-hybridized carbons (Fsp3) is 0.375. The van der Waals surface area contributed by atoms with Gasteiger partial charge in [0.1, 0.15) is 0 Å². The Labute approximate surface area is 123 Å². The first-order chi connectivity index (χ1) is 10.2. The van der Waals surface area contributed by atoms with Gasteiger partial charge < -0.3 is 15.5 Å². The zero-order chi connectivity index (χ0) is 14.7. The Bertz CT molecular complexity index is 592. The van der Waals surface area contributed by atoms with Gasteiger partial charge in [0.25, 0.3) is 0 Å². The van der Waals surface area contributed by atoms with E-state index in [-0.39, 0.29) is 17.9 Å². The Morgan fingerprint density at radius 2 is 2.10 bits per heavy atom. The van der Waals surface area contributed by atoms with Crippen molar-refractivity contribution in [2.24, 2.45) is 11.7 Å². The van der Waals surface area contributed by atoms with Crippen molar-refractivity contribution < 1.29 is 9.21 Å². The van der Waals surface area contributed by atoms with E-state index in [1.54, 1.807) is 6.20 Å². The summed E-state index contributed by atoms with van der Waals surface area (Å²) in [5.41, 5.74) is 7.66. The average Bonchev–Trinajstić information content (AvgIpc) is 3.02. The minimum absolute atomic E-state index is 0.0303. The lowest BCUT2D eigenvalue weighted by atomic mass is 9.85. The van der Waals surface area contributed by atoms with Crippen molar-refractivity contribution >= 4 is 11.6 Å². The van der Waals surface area contributed by atoms with Gasteiger partial charge in [-0.25, -0.2) is 4.98 Å². The molecule has 0 bridgehead atoms. The molecular formula is C16H19N3O2. The summed E-state index contributed by atoms with van der Waals surface area (Å²) in [6.45, 7) is 0. The van der Waals surface area contributed by atoms with Gasteiger partial charge in [0.2, 0.25) is 5.91 Å². The summed E-state index contributed by atoms with van der Waals surface area (Å²) in [4.78, 5) is 16.1. The van der Waals surface area contributed by atoms with Gasteiger partial charge in [-0.3, -0.25) is 4.79 Å². The molecule has 1 amide bonds. The van der Waals surface area contributed by atoms with E-state index in [4.69, 9.17) is 10.2 Å². The highest BCUT2D eigenvalue weighted by atomic mass is 16.3. The molecule has 1 fully saturated rings. The van der Waals surface area contributed by atoms with Crippen LogP contribution < -0.4 is 11.1 Å². The molecule has 110 valence electrons. The number of rotatable bonds is 3. The number of nitrogens with one attached hydrogen (secondary N) is 1. The third-order valence-corrected chi connectivity index (χ3v) is 3.95. The Morgan fingerprint density at radius 1 is 1.29 bits per heavy atom. The van der Waals surface area contributed by atoms with Crippen molar-refractivity contribution in [3.8, 4) is 11.3 Å². The van der Waals surface area contributed by atoms with Gasteiger partial charge in [-0.05, 0) is 43.5 Å². The Balaban J connectivity index is 1.63. The second-order valence-corrected chi connectivity index (χ2v) is 5.56. The zero-order valence-electron chi connectivity index (χ0n) is 11.8. The minimum atomic E-state index is 0.0303. The molecule has 1 aliphatic carbocycles. The van der Waals surface area contributed by atoms with E-state index in [0.717, 1.165) is 36.9 Å². The molecule has 1 heterocycles. The highest BCUT2D eigenvalue weighted by Gasteiger charge is 2.25. The third kappa shape index (κ3) is 3.31. The lowest BCUT2D eigenvalue weighted by Gasteiger charge is -2.25. The molecule has 0 saturated heterocycles. The van der Waals surface area contributed by atoms with Gasteiger partial charge in [-0.2, -0.15) is 0 Å². The van der Waals surface area contributed by atoms with Crippen LogP contribution in [-0.2, 0) is 4.79 Å². The molecule has 2 unspecified atom stereocenters. The second-order valence-electron chi connectivity index (χ2n) is 5.56. The first kappa shape index (κ1) is 13.8. The number of benzene rings is 1. The highest BCUT2D eigenvalue weighted by molar-refractivity contribution is 5.92. The smallest absolute Gasteiger partial charge is 0.227 e. The van der Waals surface area contributed by atoms with Crippen LogP contribution in [0.25, 0.3) is 11.3 Å². The SMILES string of the molecule is NC1CCCC(C(=O)Nc2ccc(-c3cnco3)cc2)C1. The maximum absolute atomic E-state index is 12.2. The van der Waals surface area contributed by atoms with Crippen LogP contribution in [0.1, 0.15) is 25.7 Å². The third-order valence-electron chi connectivity index (χ3n) is 3.95. The number of carbonyl (C=O) groups excluding carboxylic acids is 1. The van der Waals surface area contributed by atoms with Gasteiger partial charge in [-0.1, -0.05) is 6.42 Å². The van der Waals surface area contributed by atoms with E-state index in [1.807, 2.05) is 24.3 Å². The zero-order valence-corrected chi connectivity index (χ0v) is 11.8. The molecule has 2 atom stereocenters. The minimum Gasteiger partial charge on any atom is -0.444 e. The topological polar surface area (TPSA) is 81.2 Å². The number of nitrogens with two attached hydrogens (primary N) is 1. The van der Waals surface area contributed by atoms with Crippen LogP contribution >= 0.6 is 0 Å². The molecule has 1 aliphatic rings. The average molecular weight is 285 g/mol. The molecule has 1 saturated carbocycles. The number of oxazole rings is 1. The van der Waals surface area contributed by atoms with Crippen molar-refractivity contribution in [3.05, 3.63) is 36.9 Å². The van der Waals surface area contributed by atoms with Crippen molar-refractivity contribution in [2.75, 3.05) is 5.32 Å². The predicted molar refractivity (Wildman–Crippen MR) is 80.5 cm³/mol. The monoisotopic (exact) mass is 285 g/mol.